The third-order valence-electron chi connectivity index (χ3n) is 2.25. The molecule has 0 unspecified atom stereocenters. The van der Waals surface area contributed by atoms with E-state index in [1.54, 1.807) is 0 Å². The molecule has 0 fully saturated rings. The van der Waals surface area contributed by atoms with Gasteiger partial charge in [-0.2, -0.15) is 0 Å². The number of carbonyl (C=O) groups excluding carboxylic acids is 1. The first kappa shape index (κ1) is 15.6. The number of methoxy groups -OCH3 is 4. The second-order valence-corrected chi connectivity index (χ2v) is 5.25. The summed E-state index contributed by atoms with van der Waals surface area (Å²) in [6.07, 6.45) is 0. The number of benzene rings is 1. The molecular formula is C11H12I2O5. The van der Waals surface area contributed by atoms with Crippen molar-refractivity contribution in [3.05, 3.63) is 12.7 Å². The van der Waals surface area contributed by atoms with Crippen molar-refractivity contribution in [2.75, 3.05) is 28.4 Å². The fraction of sp³-hybridized carbons (Fsp3) is 0.364. The van der Waals surface area contributed by atoms with Crippen molar-refractivity contribution in [2.45, 2.75) is 0 Å². The Kier molecular flexibility index (Phi) is 5.76. The summed E-state index contributed by atoms with van der Waals surface area (Å²) in [5.74, 6) is 0.927. The fourth-order valence-corrected chi connectivity index (χ4v) is 3.88. The molecule has 1 aromatic rings. The minimum Gasteiger partial charge on any atom is -0.492 e. The average Bonchev–Trinajstić information content (AvgIpc) is 2.37. The maximum absolute atomic E-state index is 11.8. The Morgan fingerprint density at radius 2 is 1.22 bits per heavy atom. The summed E-state index contributed by atoms with van der Waals surface area (Å²) in [4.78, 5) is 11.8. The lowest BCUT2D eigenvalue weighted by atomic mass is 10.2. The largest absolute Gasteiger partial charge is 0.492 e. The molecule has 0 atom stereocenters. The van der Waals surface area contributed by atoms with E-state index >= 15 is 0 Å². The quantitative estimate of drug-likeness (QED) is 0.493. The van der Waals surface area contributed by atoms with E-state index in [4.69, 9.17) is 18.9 Å². The number of ether oxygens (including phenoxy) is 4. The molecule has 0 saturated heterocycles. The molecule has 1 aromatic carbocycles. The normalized spacial score (nSPS) is 9.89. The van der Waals surface area contributed by atoms with Gasteiger partial charge in [-0.3, -0.25) is 0 Å². The minimum atomic E-state index is -0.442. The summed E-state index contributed by atoms with van der Waals surface area (Å²) >= 11 is 4.04. The summed E-state index contributed by atoms with van der Waals surface area (Å²) in [6.45, 7) is 0. The monoisotopic (exact) mass is 478 g/mol. The zero-order chi connectivity index (χ0) is 13.9. The van der Waals surface area contributed by atoms with Gasteiger partial charge in [0.2, 0.25) is 5.75 Å². The lowest BCUT2D eigenvalue weighted by molar-refractivity contribution is 0.0597. The van der Waals surface area contributed by atoms with Crippen LogP contribution in [0, 0.1) is 7.14 Å². The van der Waals surface area contributed by atoms with Gasteiger partial charge in [-0.15, -0.1) is 0 Å². The van der Waals surface area contributed by atoms with Gasteiger partial charge in [-0.05, 0) is 45.2 Å². The summed E-state index contributed by atoms with van der Waals surface area (Å²) in [5.41, 5.74) is 0.410. The van der Waals surface area contributed by atoms with Crippen LogP contribution in [0.15, 0.2) is 0 Å². The van der Waals surface area contributed by atoms with E-state index in [2.05, 4.69) is 0 Å². The minimum absolute atomic E-state index is 0.410. The van der Waals surface area contributed by atoms with Gasteiger partial charge in [0.1, 0.15) is 0 Å². The Morgan fingerprint density at radius 1 is 0.833 bits per heavy atom. The van der Waals surface area contributed by atoms with Crippen molar-refractivity contribution in [2.24, 2.45) is 0 Å². The maximum atomic E-state index is 11.8. The molecule has 0 amide bonds. The molecule has 7 heteroatoms. The summed E-state index contributed by atoms with van der Waals surface area (Å²) < 4.78 is 21.9. The van der Waals surface area contributed by atoms with Crippen LogP contribution in [-0.4, -0.2) is 34.4 Å². The van der Waals surface area contributed by atoms with Gasteiger partial charge < -0.3 is 18.9 Å². The van der Waals surface area contributed by atoms with E-state index in [0.717, 1.165) is 0 Å². The number of esters is 1. The first-order valence-corrected chi connectivity index (χ1v) is 6.94. The molecule has 100 valence electrons. The fourth-order valence-electron chi connectivity index (χ4n) is 1.46. The molecule has 0 spiro atoms. The molecule has 0 radical (unpaired) electrons. The Bertz CT molecular complexity index is 442. The Hall–Kier alpha value is -0.450. The Labute approximate surface area is 132 Å². The molecule has 18 heavy (non-hydrogen) atoms. The molecule has 0 aliphatic rings. The van der Waals surface area contributed by atoms with Crippen LogP contribution >= 0.6 is 45.2 Å². The van der Waals surface area contributed by atoms with Crippen LogP contribution in [0.1, 0.15) is 10.4 Å². The highest BCUT2D eigenvalue weighted by atomic mass is 127. The van der Waals surface area contributed by atoms with Crippen molar-refractivity contribution in [1.82, 2.24) is 0 Å². The molecule has 0 heterocycles. The highest BCUT2D eigenvalue weighted by Gasteiger charge is 2.28. The highest BCUT2D eigenvalue weighted by Crippen LogP contribution is 2.46. The molecule has 0 saturated carbocycles. The van der Waals surface area contributed by atoms with Crippen LogP contribution in [0.2, 0.25) is 0 Å². The van der Waals surface area contributed by atoms with E-state index in [1.807, 2.05) is 45.2 Å². The van der Waals surface area contributed by atoms with Gasteiger partial charge in [0, 0.05) is 0 Å². The van der Waals surface area contributed by atoms with Gasteiger partial charge in [-0.1, -0.05) is 0 Å². The standard InChI is InChI=1S/C11H12I2O5/c1-15-8-6(12)5(11(14)18-4)7(13)9(16-2)10(8)17-3/h1-4H3. The molecule has 0 aromatic heterocycles. The Morgan fingerprint density at radius 3 is 1.50 bits per heavy atom. The zero-order valence-electron chi connectivity index (χ0n) is 10.3. The third-order valence-corrected chi connectivity index (χ3v) is 4.31. The van der Waals surface area contributed by atoms with E-state index in [1.165, 1.54) is 28.4 Å². The number of carbonyl (C=O) groups is 1. The number of rotatable bonds is 4. The van der Waals surface area contributed by atoms with Crippen LogP contribution in [0.4, 0.5) is 0 Å². The van der Waals surface area contributed by atoms with Crippen molar-refractivity contribution in [3.63, 3.8) is 0 Å². The summed E-state index contributed by atoms with van der Waals surface area (Å²) in [5, 5.41) is 0. The van der Waals surface area contributed by atoms with E-state index in [9.17, 15) is 4.79 Å². The number of hydrogen-bond donors (Lipinski definition) is 0. The average molecular weight is 478 g/mol. The predicted octanol–water partition coefficient (Wildman–Crippen LogP) is 2.71. The second-order valence-electron chi connectivity index (χ2n) is 3.09. The first-order valence-electron chi connectivity index (χ1n) is 4.78. The maximum Gasteiger partial charge on any atom is 0.340 e. The Balaban J connectivity index is 3.69. The van der Waals surface area contributed by atoms with Gasteiger partial charge in [-0.25, -0.2) is 4.79 Å². The molecule has 0 bridgehead atoms. The van der Waals surface area contributed by atoms with Gasteiger partial charge in [0.25, 0.3) is 0 Å². The highest BCUT2D eigenvalue weighted by molar-refractivity contribution is 14.1. The van der Waals surface area contributed by atoms with Crippen LogP contribution in [0.25, 0.3) is 0 Å². The number of halogens is 2. The van der Waals surface area contributed by atoms with E-state index < -0.39 is 5.97 Å². The summed E-state index contributed by atoms with van der Waals surface area (Å²) in [6, 6.07) is 0. The van der Waals surface area contributed by atoms with Gasteiger partial charge >= 0.3 is 5.97 Å². The van der Waals surface area contributed by atoms with E-state index in [0.29, 0.717) is 30.0 Å². The molecule has 0 N–H and O–H groups in total. The van der Waals surface area contributed by atoms with Crippen molar-refractivity contribution >= 4 is 51.2 Å². The van der Waals surface area contributed by atoms with Crippen LogP contribution in [0.3, 0.4) is 0 Å². The third kappa shape index (κ3) is 2.60. The predicted molar refractivity (Wildman–Crippen MR) is 82.9 cm³/mol. The molecular weight excluding hydrogens is 466 g/mol. The zero-order valence-corrected chi connectivity index (χ0v) is 14.6. The van der Waals surface area contributed by atoms with Crippen molar-refractivity contribution < 1.29 is 23.7 Å². The van der Waals surface area contributed by atoms with Gasteiger partial charge in [0.05, 0.1) is 41.1 Å². The topological polar surface area (TPSA) is 54.0 Å². The lowest BCUT2D eigenvalue weighted by Gasteiger charge is -2.18. The molecule has 0 aliphatic carbocycles. The summed E-state index contributed by atoms with van der Waals surface area (Å²) in [7, 11) is 5.86. The lowest BCUT2D eigenvalue weighted by Crippen LogP contribution is -2.10. The van der Waals surface area contributed by atoms with E-state index in [-0.39, 0.29) is 0 Å². The smallest absolute Gasteiger partial charge is 0.340 e. The van der Waals surface area contributed by atoms with Crippen molar-refractivity contribution in [3.8, 4) is 17.2 Å². The SMILES string of the molecule is COC(=O)c1c(I)c(OC)c(OC)c(OC)c1I. The molecule has 5 nitrogen and oxygen atoms in total. The molecule has 0 aliphatic heterocycles. The van der Waals surface area contributed by atoms with Crippen LogP contribution in [-0.2, 0) is 4.74 Å². The van der Waals surface area contributed by atoms with Crippen molar-refractivity contribution in [1.29, 1.82) is 0 Å². The van der Waals surface area contributed by atoms with Gasteiger partial charge in [0.15, 0.2) is 11.5 Å². The van der Waals surface area contributed by atoms with Crippen LogP contribution < -0.4 is 14.2 Å². The molecule has 1 rings (SSSR count). The second kappa shape index (κ2) is 6.64. The number of hydrogen-bond acceptors (Lipinski definition) is 5. The first-order chi connectivity index (χ1) is 8.53. The van der Waals surface area contributed by atoms with Crippen LogP contribution in [0.5, 0.6) is 17.2 Å².